The second-order valence-corrected chi connectivity index (χ2v) is 5.87. The van der Waals surface area contributed by atoms with Crippen molar-refractivity contribution in [3.05, 3.63) is 60.2 Å². The third kappa shape index (κ3) is 4.02. The number of para-hydroxylation sites is 2. The summed E-state index contributed by atoms with van der Waals surface area (Å²) in [5.74, 6) is 1.98. The summed E-state index contributed by atoms with van der Waals surface area (Å²) in [6.07, 6.45) is 1.15. The Labute approximate surface area is 129 Å². The summed E-state index contributed by atoms with van der Waals surface area (Å²) < 4.78 is 5.94. The molecule has 108 valence electrons. The summed E-state index contributed by atoms with van der Waals surface area (Å²) in [5, 5.41) is 4.36. The van der Waals surface area contributed by atoms with E-state index >= 15 is 0 Å². The van der Waals surface area contributed by atoms with Gasteiger partial charge in [0.25, 0.3) is 0 Å². The lowest BCUT2D eigenvalue weighted by Crippen LogP contribution is -2.14. The van der Waals surface area contributed by atoms with Crippen molar-refractivity contribution >= 4 is 22.6 Å². The van der Waals surface area contributed by atoms with Crippen LogP contribution in [0.3, 0.4) is 0 Å². The summed E-state index contributed by atoms with van der Waals surface area (Å²) in [7, 11) is 0. The molecule has 0 aliphatic carbocycles. The normalized spacial score (nSPS) is 14.4. The Balaban J connectivity index is 1.69. The third-order valence-corrected chi connectivity index (χ3v) is 4.16. The monoisotopic (exact) mass is 298 g/mol. The molecule has 3 rings (SSSR count). The fourth-order valence-corrected chi connectivity index (χ4v) is 2.91. The lowest BCUT2D eigenvalue weighted by molar-refractivity contribution is 0.308. The third-order valence-electron chi connectivity index (χ3n) is 3.16. The van der Waals surface area contributed by atoms with E-state index in [1.54, 1.807) is 11.8 Å². The zero-order valence-corrected chi connectivity index (χ0v) is 12.6. The first-order valence-corrected chi connectivity index (χ1v) is 8.10. The first-order chi connectivity index (χ1) is 10.4. The predicted molar refractivity (Wildman–Crippen MR) is 90.2 cm³/mol. The fraction of sp³-hybridized carbons (Fsp3) is 0.235. The summed E-state index contributed by atoms with van der Waals surface area (Å²) in [5.41, 5.74) is 2.14. The van der Waals surface area contributed by atoms with Gasteiger partial charge in [0.15, 0.2) is 5.17 Å². The number of anilines is 1. The van der Waals surface area contributed by atoms with Crippen molar-refractivity contribution in [1.82, 2.24) is 0 Å². The van der Waals surface area contributed by atoms with Gasteiger partial charge in [0.05, 0.1) is 5.69 Å². The molecule has 1 aliphatic rings. The van der Waals surface area contributed by atoms with Crippen LogP contribution in [0.1, 0.15) is 12.0 Å². The summed E-state index contributed by atoms with van der Waals surface area (Å²) >= 11 is 1.76. The van der Waals surface area contributed by atoms with Gasteiger partial charge in [0.2, 0.25) is 0 Å². The molecule has 0 spiro atoms. The molecule has 0 radical (unpaired) electrons. The number of hydrogen-bond donors (Lipinski definition) is 1. The van der Waals surface area contributed by atoms with E-state index in [0.717, 1.165) is 40.9 Å². The standard InChI is InChI=1S/C17H18N2OS/c1-2-7-14(8-3-1)13-20-16-10-5-4-9-15(16)19-17-18-11-6-12-21-17/h1-5,7-10H,6,11-13H2,(H,18,19). The van der Waals surface area contributed by atoms with Crippen LogP contribution in [-0.4, -0.2) is 17.5 Å². The molecule has 1 heterocycles. The number of nitrogens with zero attached hydrogens (tertiary/aromatic N) is 1. The average molecular weight is 298 g/mol. The SMILES string of the molecule is c1ccc(COc2ccccc2NC2=NCCCS2)cc1. The van der Waals surface area contributed by atoms with Gasteiger partial charge in [-0.15, -0.1) is 0 Å². The molecule has 4 heteroatoms. The highest BCUT2D eigenvalue weighted by atomic mass is 32.2. The maximum absolute atomic E-state index is 5.94. The van der Waals surface area contributed by atoms with E-state index in [2.05, 4.69) is 22.4 Å². The Morgan fingerprint density at radius 1 is 1.05 bits per heavy atom. The highest BCUT2D eigenvalue weighted by Gasteiger charge is 2.09. The Hall–Kier alpha value is -1.94. The van der Waals surface area contributed by atoms with E-state index in [9.17, 15) is 0 Å². The topological polar surface area (TPSA) is 33.6 Å². The van der Waals surface area contributed by atoms with Crippen molar-refractivity contribution in [2.75, 3.05) is 17.6 Å². The van der Waals surface area contributed by atoms with Gasteiger partial charge in [-0.25, -0.2) is 0 Å². The minimum atomic E-state index is 0.569. The summed E-state index contributed by atoms with van der Waals surface area (Å²) in [4.78, 5) is 4.50. The predicted octanol–water partition coefficient (Wildman–Crippen LogP) is 4.17. The smallest absolute Gasteiger partial charge is 0.161 e. The second-order valence-electron chi connectivity index (χ2n) is 4.78. The molecule has 0 bridgehead atoms. The number of nitrogens with one attached hydrogen (secondary N) is 1. The fourth-order valence-electron chi connectivity index (χ4n) is 2.08. The lowest BCUT2D eigenvalue weighted by Gasteiger charge is -2.16. The van der Waals surface area contributed by atoms with Crippen LogP contribution in [0.2, 0.25) is 0 Å². The van der Waals surface area contributed by atoms with Crippen LogP contribution in [0, 0.1) is 0 Å². The number of aliphatic imine (C=N–C) groups is 1. The van der Waals surface area contributed by atoms with Gasteiger partial charge in [0.1, 0.15) is 12.4 Å². The van der Waals surface area contributed by atoms with Crippen LogP contribution in [0.4, 0.5) is 5.69 Å². The van der Waals surface area contributed by atoms with E-state index in [1.807, 2.05) is 42.5 Å². The summed E-state index contributed by atoms with van der Waals surface area (Å²) in [6.45, 7) is 1.47. The average Bonchev–Trinajstić information content (AvgIpc) is 2.56. The van der Waals surface area contributed by atoms with Crippen LogP contribution in [0.25, 0.3) is 0 Å². The minimum Gasteiger partial charge on any atom is -0.487 e. The van der Waals surface area contributed by atoms with E-state index in [0.29, 0.717) is 6.61 Å². The number of amidine groups is 1. The highest BCUT2D eigenvalue weighted by molar-refractivity contribution is 8.14. The van der Waals surface area contributed by atoms with Gasteiger partial charge in [-0.3, -0.25) is 4.99 Å². The van der Waals surface area contributed by atoms with Crippen molar-refractivity contribution in [3.63, 3.8) is 0 Å². The van der Waals surface area contributed by atoms with Crippen molar-refractivity contribution in [3.8, 4) is 5.75 Å². The number of thioether (sulfide) groups is 1. The second kappa shape index (κ2) is 7.18. The molecule has 0 fully saturated rings. The van der Waals surface area contributed by atoms with Crippen molar-refractivity contribution in [2.24, 2.45) is 4.99 Å². The first kappa shape index (κ1) is 14.0. The van der Waals surface area contributed by atoms with Gasteiger partial charge >= 0.3 is 0 Å². The minimum absolute atomic E-state index is 0.569. The Kier molecular flexibility index (Phi) is 4.79. The van der Waals surface area contributed by atoms with Crippen LogP contribution < -0.4 is 10.1 Å². The molecule has 0 saturated heterocycles. The van der Waals surface area contributed by atoms with Gasteiger partial charge in [-0.2, -0.15) is 0 Å². The van der Waals surface area contributed by atoms with E-state index in [1.165, 1.54) is 0 Å². The number of benzene rings is 2. The quantitative estimate of drug-likeness (QED) is 0.919. The molecule has 0 aromatic heterocycles. The Morgan fingerprint density at radius 3 is 2.67 bits per heavy atom. The molecule has 1 aliphatic heterocycles. The molecule has 21 heavy (non-hydrogen) atoms. The maximum atomic E-state index is 5.94. The molecular formula is C17H18N2OS. The molecule has 0 unspecified atom stereocenters. The zero-order valence-electron chi connectivity index (χ0n) is 11.8. The molecule has 0 amide bonds. The maximum Gasteiger partial charge on any atom is 0.161 e. The largest absolute Gasteiger partial charge is 0.487 e. The summed E-state index contributed by atoms with van der Waals surface area (Å²) in [6, 6.07) is 18.2. The van der Waals surface area contributed by atoms with Gasteiger partial charge in [-0.1, -0.05) is 54.2 Å². The molecule has 3 nitrogen and oxygen atoms in total. The zero-order chi connectivity index (χ0) is 14.3. The van der Waals surface area contributed by atoms with Gasteiger partial charge < -0.3 is 10.1 Å². The molecule has 0 atom stereocenters. The molecule has 0 saturated carbocycles. The highest BCUT2D eigenvalue weighted by Crippen LogP contribution is 2.26. The molecule has 2 aromatic carbocycles. The van der Waals surface area contributed by atoms with E-state index in [-0.39, 0.29) is 0 Å². The number of rotatable bonds is 4. The Morgan fingerprint density at radius 2 is 1.86 bits per heavy atom. The van der Waals surface area contributed by atoms with Crippen molar-refractivity contribution in [2.45, 2.75) is 13.0 Å². The molecule has 2 aromatic rings. The Bertz CT molecular complexity index is 613. The number of hydrogen-bond acceptors (Lipinski definition) is 4. The van der Waals surface area contributed by atoms with E-state index < -0.39 is 0 Å². The molecular weight excluding hydrogens is 280 g/mol. The lowest BCUT2D eigenvalue weighted by atomic mass is 10.2. The van der Waals surface area contributed by atoms with Crippen molar-refractivity contribution in [1.29, 1.82) is 0 Å². The molecule has 1 N–H and O–H groups in total. The van der Waals surface area contributed by atoms with Crippen LogP contribution in [0.15, 0.2) is 59.6 Å². The van der Waals surface area contributed by atoms with Crippen molar-refractivity contribution < 1.29 is 4.74 Å². The number of ether oxygens (including phenoxy) is 1. The van der Waals surface area contributed by atoms with Crippen LogP contribution in [0.5, 0.6) is 5.75 Å². The first-order valence-electron chi connectivity index (χ1n) is 7.12. The van der Waals surface area contributed by atoms with E-state index in [4.69, 9.17) is 4.74 Å². The van der Waals surface area contributed by atoms with Crippen LogP contribution >= 0.6 is 11.8 Å². The van der Waals surface area contributed by atoms with Gasteiger partial charge in [0, 0.05) is 12.3 Å². The van der Waals surface area contributed by atoms with Crippen LogP contribution in [-0.2, 0) is 6.61 Å². The van der Waals surface area contributed by atoms with Gasteiger partial charge in [-0.05, 0) is 24.1 Å².